The molecule has 1 atom stereocenters. The van der Waals surface area contributed by atoms with Crippen LogP contribution in [0, 0.1) is 12.7 Å². The first kappa shape index (κ1) is 17.3. The quantitative estimate of drug-likeness (QED) is 0.581. The molecule has 2 aromatic rings. The maximum absolute atomic E-state index is 13.3. The summed E-state index contributed by atoms with van der Waals surface area (Å²) in [7, 11) is 1.70. The lowest BCUT2D eigenvalue weighted by Gasteiger charge is -2.17. The van der Waals surface area contributed by atoms with E-state index < -0.39 is 5.82 Å². The third kappa shape index (κ3) is 5.25. The van der Waals surface area contributed by atoms with Crippen molar-refractivity contribution in [1.29, 1.82) is 0 Å². The molecule has 3 N–H and O–H groups in total. The smallest absolute Gasteiger partial charge is 0.191 e. The fourth-order valence-corrected chi connectivity index (χ4v) is 3.24. The van der Waals surface area contributed by atoms with Crippen LogP contribution in [0.2, 0.25) is 0 Å². The summed E-state index contributed by atoms with van der Waals surface area (Å²) in [6.45, 7) is 4.63. The van der Waals surface area contributed by atoms with Crippen LogP contribution < -0.4 is 10.6 Å². The number of rotatable bonds is 5. The highest BCUT2D eigenvalue weighted by Crippen LogP contribution is 2.17. The third-order valence-electron chi connectivity index (χ3n) is 3.38. The molecule has 1 aromatic carbocycles. The van der Waals surface area contributed by atoms with Crippen molar-refractivity contribution in [3.05, 3.63) is 51.5 Å². The second-order valence-electron chi connectivity index (χ2n) is 5.47. The number of aryl methyl sites for hydroxylation is 1. The lowest BCUT2D eigenvalue weighted by Crippen LogP contribution is -2.42. The number of nitrogens with one attached hydrogen (secondary N) is 2. The van der Waals surface area contributed by atoms with E-state index in [9.17, 15) is 9.50 Å². The normalized spacial score (nSPS) is 13.0. The standard InChI is InChI=1S/C17H22FN3OS/c1-11(8-14-6-4-12(2)23-14)21-17(19-3)20-10-13-5-7-16(22)15(18)9-13/h4-7,9,11,22H,8,10H2,1-3H3,(H2,19,20,21). The minimum atomic E-state index is -0.617. The number of hydrogen-bond acceptors (Lipinski definition) is 3. The van der Waals surface area contributed by atoms with Gasteiger partial charge in [-0.15, -0.1) is 11.3 Å². The molecule has 1 unspecified atom stereocenters. The Balaban J connectivity index is 1.86. The van der Waals surface area contributed by atoms with Gasteiger partial charge in [0.2, 0.25) is 0 Å². The van der Waals surface area contributed by atoms with E-state index in [-0.39, 0.29) is 11.8 Å². The molecule has 0 fully saturated rings. The summed E-state index contributed by atoms with van der Waals surface area (Å²) in [5, 5.41) is 15.7. The Bertz CT molecular complexity index is 684. The van der Waals surface area contributed by atoms with Crippen molar-refractivity contribution < 1.29 is 9.50 Å². The SMILES string of the molecule is CN=C(NCc1ccc(O)c(F)c1)NC(C)Cc1ccc(C)s1. The van der Waals surface area contributed by atoms with Crippen molar-refractivity contribution in [1.82, 2.24) is 10.6 Å². The fourth-order valence-electron chi connectivity index (χ4n) is 2.22. The molecular formula is C17H22FN3OS. The van der Waals surface area contributed by atoms with Gasteiger partial charge in [-0.05, 0) is 43.7 Å². The number of halogens is 1. The number of aliphatic imine (C=N–C) groups is 1. The zero-order valence-electron chi connectivity index (χ0n) is 13.6. The summed E-state index contributed by atoms with van der Waals surface area (Å²) in [4.78, 5) is 6.83. The first-order valence-electron chi connectivity index (χ1n) is 7.48. The number of phenolic OH excluding ortho intramolecular Hbond substituents is 1. The highest BCUT2D eigenvalue weighted by atomic mass is 32.1. The number of guanidine groups is 1. The van der Waals surface area contributed by atoms with Crippen molar-refractivity contribution in [2.24, 2.45) is 4.99 Å². The second kappa shape index (κ2) is 7.97. The molecule has 1 heterocycles. The van der Waals surface area contributed by atoms with E-state index in [1.54, 1.807) is 24.5 Å². The Labute approximate surface area is 140 Å². The lowest BCUT2D eigenvalue weighted by atomic mass is 10.2. The predicted octanol–water partition coefficient (Wildman–Crippen LogP) is 3.20. The van der Waals surface area contributed by atoms with E-state index in [4.69, 9.17) is 0 Å². The van der Waals surface area contributed by atoms with Gasteiger partial charge in [0.1, 0.15) is 0 Å². The van der Waals surface area contributed by atoms with Gasteiger partial charge < -0.3 is 15.7 Å². The molecule has 0 aliphatic rings. The number of aromatic hydroxyl groups is 1. The number of hydrogen-bond donors (Lipinski definition) is 3. The zero-order valence-corrected chi connectivity index (χ0v) is 14.4. The summed E-state index contributed by atoms with van der Waals surface area (Å²) < 4.78 is 13.3. The monoisotopic (exact) mass is 335 g/mol. The largest absolute Gasteiger partial charge is 0.505 e. The molecule has 124 valence electrons. The third-order valence-corrected chi connectivity index (χ3v) is 4.41. The van der Waals surface area contributed by atoms with Gasteiger partial charge in [-0.1, -0.05) is 6.07 Å². The fraction of sp³-hybridized carbons (Fsp3) is 0.353. The van der Waals surface area contributed by atoms with Gasteiger partial charge in [-0.3, -0.25) is 4.99 Å². The maximum atomic E-state index is 13.3. The van der Waals surface area contributed by atoms with Gasteiger partial charge in [0.15, 0.2) is 17.5 Å². The second-order valence-corrected chi connectivity index (χ2v) is 6.85. The Morgan fingerprint density at radius 2 is 2.13 bits per heavy atom. The highest BCUT2D eigenvalue weighted by Gasteiger charge is 2.08. The number of nitrogens with zero attached hydrogens (tertiary/aromatic N) is 1. The van der Waals surface area contributed by atoms with Gasteiger partial charge in [0.25, 0.3) is 0 Å². The van der Waals surface area contributed by atoms with Crippen LogP contribution in [0.15, 0.2) is 35.3 Å². The molecule has 0 aliphatic heterocycles. The number of benzene rings is 1. The van der Waals surface area contributed by atoms with Crippen LogP contribution in [0.4, 0.5) is 4.39 Å². The van der Waals surface area contributed by atoms with E-state index in [2.05, 4.69) is 41.6 Å². The minimum absolute atomic E-state index is 0.232. The summed E-state index contributed by atoms with van der Waals surface area (Å²) in [6.07, 6.45) is 0.924. The van der Waals surface area contributed by atoms with Gasteiger partial charge >= 0.3 is 0 Å². The Kier molecular flexibility index (Phi) is 5.98. The Morgan fingerprint density at radius 1 is 1.35 bits per heavy atom. The number of thiophene rings is 1. The van der Waals surface area contributed by atoms with E-state index in [0.29, 0.717) is 12.5 Å². The van der Waals surface area contributed by atoms with Gasteiger partial charge in [0.05, 0.1) is 0 Å². The topological polar surface area (TPSA) is 56.7 Å². The first-order chi connectivity index (χ1) is 11.0. The minimum Gasteiger partial charge on any atom is -0.505 e. The number of phenols is 1. The van der Waals surface area contributed by atoms with Crippen LogP contribution in [-0.2, 0) is 13.0 Å². The van der Waals surface area contributed by atoms with Crippen LogP contribution in [0.3, 0.4) is 0 Å². The van der Waals surface area contributed by atoms with Gasteiger partial charge in [0, 0.05) is 35.8 Å². The summed E-state index contributed by atoms with van der Waals surface area (Å²) >= 11 is 1.80. The summed E-state index contributed by atoms with van der Waals surface area (Å²) in [6, 6.07) is 8.84. The van der Waals surface area contributed by atoms with E-state index in [1.807, 2.05) is 0 Å². The average Bonchev–Trinajstić information content (AvgIpc) is 2.91. The van der Waals surface area contributed by atoms with Crippen molar-refractivity contribution in [3.63, 3.8) is 0 Å². The molecule has 23 heavy (non-hydrogen) atoms. The van der Waals surface area contributed by atoms with Crippen molar-refractivity contribution in [2.75, 3.05) is 7.05 Å². The molecule has 0 saturated carbocycles. The van der Waals surface area contributed by atoms with E-state index in [0.717, 1.165) is 12.0 Å². The average molecular weight is 335 g/mol. The van der Waals surface area contributed by atoms with E-state index in [1.165, 1.54) is 21.9 Å². The summed E-state index contributed by atoms with van der Waals surface area (Å²) in [5.41, 5.74) is 0.741. The molecule has 0 spiro atoms. The first-order valence-corrected chi connectivity index (χ1v) is 8.29. The predicted molar refractivity (Wildman–Crippen MR) is 93.6 cm³/mol. The Hall–Kier alpha value is -2.08. The van der Waals surface area contributed by atoms with Gasteiger partial charge in [-0.2, -0.15) is 0 Å². The molecular weight excluding hydrogens is 313 g/mol. The van der Waals surface area contributed by atoms with Crippen molar-refractivity contribution >= 4 is 17.3 Å². The molecule has 2 rings (SSSR count). The van der Waals surface area contributed by atoms with Crippen molar-refractivity contribution in [2.45, 2.75) is 32.9 Å². The highest BCUT2D eigenvalue weighted by molar-refractivity contribution is 7.11. The Morgan fingerprint density at radius 3 is 2.74 bits per heavy atom. The van der Waals surface area contributed by atoms with Crippen LogP contribution in [0.25, 0.3) is 0 Å². The molecule has 0 aliphatic carbocycles. The summed E-state index contributed by atoms with van der Waals surface area (Å²) in [5.74, 6) is -0.288. The molecule has 0 saturated heterocycles. The van der Waals surface area contributed by atoms with Crippen LogP contribution in [0.5, 0.6) is 5.75 Å². The van der Waals surface area contributed by atoms with Crippen molar-refractivity contribution in [3.8, 4) is 5.75 Å². The van der Waals surface area contributed by atoms with E-state index >= 15 is 0 Å². The van der Waals surface area contributed by atoms with Crippen LogP contribution >= 0.6 is 11.3 Å². The molecule has 0 amide bonds. The lowest BCUT2D eigenvalue weighted by molar-refractivity contribution is 0.431. The van der Waals surface area contributed by atoms with Crippen LogP contribution in [-0.4, -0.2) is 24.2 Å². The molecule has 0 radical (unpaired) electrons. The molecule has 1 aromatic heterocycles. The molecule has 0 bridgehead atoms. The molecule has 4 nitrogen and oxygen atoms in total. The maximum Gasteiger partial charge on any atom is 0.191 e. The van der Waals surface area contributed by atoms with Crippen LogP contribution in [0.1, 0.15) is 22.2 Å². The van der Waals surface area contributed by atoms with Gasteiger partial charge in [-0.25, -0.2) is 4.39 Å². The zero-order chi connectivity index (χ0) is 16.8. The molecule has 6 heteroatoms.